The SMILES string of the molecule is O=C(NCc1ccc(Br)s1)c1ccccc1C#CCO. The zero-order valence-corrected chi connectivity index (χ0v) is 12.9. The van der Waals surface area contributed by atoms with Crippen LogP contribution in [0.1, 0.15) is 20.8 Å². The topological polar surface area (TPSA) is 49.3 Å². The van der Waals surface area contributed by atoms with E-state index in [-0.39, 0.29) is 12.5 Å². The van der Waals surface area contributed by atoms with Crippen LogP contribution < -0.4 is 5.32 Å². The van der Waals surface area contributed by atoms with E-state index in [0.717, 1.165) is 8.66 Å². The van der Waals surface area contributed by atoms with Crippen LogP contribution in [0.15, 0.2) is 40.2 Å². The third-order valence-corrected chi connectivity index (χ3v) is 4.15. The second-order valence-corrected chi connectivity index (χ2v) is 6.44. The molecule has 1 amide bonds. The molecular weight excluding hydrogens is 338 g/mol. The molecule has 0 fully saturated rings. The maximum absolute atomic E-state index is 12.2. The number of carbonyl (C=O) groups excluding carboxylic acids is 1. The average Bonchev–Trinajstić information content (AvgIpc) is 2.88. The predicted octanol–water partition coefficient (Wildman–Crippen LogP) is 2.78. The van der Waals surface area contributed by atoms with Crippen molar-refractivity contribution < 1.29 is 9.90 Å². The molecule has 1 aromatic heterocycles. The first-order valence-electron chi connectivity index (χ1n) is 5.92. The summed E-state index contributed by atoms with van der Waals surface area (Å²) in [5.41, 5.74) is 1.13. The Morgan fingerprint density at radius 2 is 2.10 bits per heavy atom. The second kappa shape index (κ2) is 7.25. The molecule has 0 saturated heterocycles. The van der Waals surface area contributed by atoms with Crippen molar-refractivity contribution in [1.29, 1.82) is 0 Å². The Kier molecular flexibility index (Phi) is 5.36. The molecule has 2 aromatic rings. The summed E-state index contributed by atoms with van der Waals surface area (Å²) < 4.78 is 1.04. The molecule has 2 rings (SSSR count). The second-order valence-electron chi connectivity index (χ2n) is 3.89. The molecule has 0 atom stereocenters. The van der Waals surface area contributed by atoms with E-state index in [4.69, 9.17) is 5.11 Å². The standard InChI is InChI=1S/C15H12BrNO2S/c16-14-8-7-12(20-14)10-17-15(19)13-6-2-1-4-11(13)5-3-9-18/h1-2,4,6-8,18H,9-10H2,(H,17,19). The zero-order valence-electron chi connectivity index (χ0n) is 10.5. The summed E-state index contributed by atoms with van der Waals surface area (Å²) in [6.45, 7) is 0.260. The Labute approximate surface area is 129 Å². The molecule has 0 saturated carbocycles. The van der Waals surface area contributed by atoms with Gasteiger partial charge in [-0.05, 0) is 40.2 Å². The molecule has 20 heavy (non-hydrogen) atoms. The van der Waals surface area contributed by atoms with E-state index < -0.39 is 0 Å². The summed E-state index contributed by atoms with van der Waals surface area (Å²) in [5, 5.41) is 11.6. The van der Waals surface area contributed by atoms with Gasteiger partial charge in [-0.1, -0.05) is 24.0 Å². The number of halogens is 1. The van der Waals surface area contributed by atoms with Gasteiger partial charge in [-0.2, -0.15) is 0 Å². The number of amides is 1. The highest BCUT2D eigenvalue weighted by molar-refractivity contribution is 9.11. The minimum atomic E-state index is -0.223. The Morgan fingerprint density at radius 3 is 2.80 bits per heavy atom. The molecule has 0 aliphatic heterocycles. The van der Waals surface area contributed by atoms with Crippen molar-refractivity contribution in [3.8, 4) is 11.8 Å². The molecule has 0 aliphatic carbocycles. The Hall–Kier alpha value is -1.61. The van der Waals surface area contributed by atoms with Gasteiger partial charge < -0.3 is 10.4 Å². The number of benzene rings is 1. The lowest BCUT2D eigenvalue weighted by Crippen LogP contribution is -2.23. The van der Waals surface area contributed by atoms with Crippen molar-refractivity contribution in [3.63, 3.8) is 0 Å². The third-order valence-electron chi connectivity index (χ3n) is 2.53. The van der Waals surface area contributed by atoms with Crippen LogP contribution in [-0.2, 0) is 6.54 Å². The van der Waals surface area contributed by atoms with Gasteiger partial charge in [0.2, 0.25) is 0 Å². The molecule has 0 bridgehead atoms. The van der Waals surface area contributed by atoms with Crippen LogP contribution >= 0.6 is 27.3 Å². The summed E-state index contributed by atoms with van der Waals surface area (Å²) in [7, 11) is 0. The van der Waals surface area contributed by atoms with Crippen LogP contribution in [0, 0.1) is 11.8 Å². The van der Waals surface area contributed by atoms with Crippen molar-refractivity contribution in [2.24, 2.45) is 0 Å². The van der Waals surface area contributed by atoms with Gasteiger partial charge in [-0.25, -0.2) is 0 Å². The van der Waals surface area contributed by atoms with E-state index in [1.165, 1.54) is 0 Å². The van der Waals surface area contributed by atoms with Gasteiger partial charge in [-0.15, -0.1) is 11.3 Å². The van der Waals surface area contributed by atoms with E-state index >= 15 is 0 Å². The van der Waals surface area contributed by atoms with Crippen LogP contribution in [0.25, 0.3) is 0 Å². The lowest BCUT2D eigenvalue weighted by Gasteiger charge is -2.05. The van der Waals surface area contributed by atoms with Crippen LogP contribution in [0.5, 0.6) is 0 Å². The molecule has 3 nitrogen and oxygen atoms in total. The van der Waals surface area contributed by atoms with Crippen LogP contribution in [0.3, 0.4) is 0 Å². The number of hydrogen-bond donors (Lipinski definition) is 2. The van der Waals surface area contributed by atoms with Crippen LogP contribution in [0.2, 0.25) is 0 Å². The summed E-state index contributed by atoms with van der Waals surface area (Å²) in [4.78, 5) is 13.2. The van der Waals surface area contributed by atoms with Gasteiger partial charge in [-0.3, -0.25) is 4.79 Å². The Balaban J connectivity index is 2.09. The zero-order chi connectivity index (χ0) is 14.4. The van der Waals surface area contributed by atoms with Crippen LogP contribution in [-0.4, -0.2) is 17.6 Å². The lowest BCUT2D eigenvalue weighted by atomic mass is 10.1. The van der Waals surface area contributed by atoms with E-state index in [2.05, 4.69) is 33.1 Å². The summed E-state index contributed by atoms with van der Waals surface area (Å²) in [5.74, 6) is 5.17. The Bertz CT molecular complexity index is 670. The first-order valence-corrected chi connectivity index (χ1v) is 7.53. The molecule has 102 valence electrons. The lowest BCUT2D eigenvalue weighted by molar-refractivity contribution is 0.0951. The first kappa shape index (κ1) is 14.8. The number of hydrogen-bond acceptors (Lipinski definition) is 3. The minimum Gasteiger partial charge on any atom is -0.384 e. The molecule has 2 N–H and O–H groups in total. The van der Waals surface area contributed by atoms with E-state index in [0.29, 0.717) is 17.7 Å². The fourth-order valence-electron chi connectivity index (χ4n) is 1.63. The van der Waals surface area contributed by atoms with Crippen molar-refractivity contribution in [2.75, 3.05) is 6.61 Å². The largest absolute Gasteiger partial charge is 0.384 e. The summed E-state index contributed by atoms with van der Waals surface area (Å²) in [6.07, 6.45) is 0. The quantitative estimate of drug-likeness (QED) is 0.837. The molecule has 1 aromatic carbocycles. The number of nitrogens with one attached hydrogen (secondary N) is 1. The molecule has 0 unspecified atom stereocenters. The highest BCUT2D eigenvalue weighted by atomic mass is 79.9. The predicted molar refractivity (Wildman–Crippen MR) is 83.6 cm³/mol. The van der Waals surface area contributed by atoms with Gasteiger partial charge in [0.1, 0.15) is 6.61 Å². The van der Waals surface area contributed by atoms with Gasteiger partial charge in [0.15, 0.2) is 0 Å². The highest BCUT2D eigenvalue weighted by Gasteiger charge is 2.09. The van der Waals surface area contributed by atoms with Crippen LogP contribution in [0.4, 0.5) is 0 Å². The summed E-state index contributed by atoms with van der Waals surface area (Å²) >= 11 is 4.97. The van der Waals surface area contributed by atoms with E-state index in [9.17, 15) is 4.79 Å². The summed E-state index contributed by atoms with van der Waals surface area (Å²) in [6, 6.07) is 11.0. The monoisotopic (exact) mass is 349 g/mol. The smallest absolute Gasteiger partial charge is 0.252 e. The number of aliphatic hydroxyl groups excluding tert-OH is 1. The van der Waals surface area contributed by atoms with Gasteiger partial charge in [0, 0.05) is 10.4 Å². The number of aliphatic hydroxyl groups is 1. The average molecular weight is 350 g/mol. The maximum Gasteiger partial charge on any atom is 0.252 e. The molecule has 5 heteroatoms. The maximum atomic E-state index is 12.2. The van der Waals surface area contributed by atoms with Gasteiger partial charge >= 0.3 is 0 Å². The Morgan fingerprint density at radius 1 is 1.30 bits per heavy atom. The van der Waals surface area contributed by atoms with Crippen molar-refractivity contribution in [1.82, 2.24) is 5.32 Å². The fourth-order valence-corrected chi connectivity index (χ4v) is 3.06. The van der Waals surface area contributed by atoms with E-state index in [1.807, 2.05) is 18.2 Å². The number of carbonyl (C=O) groups is 1. The van der Waals surface area contributed by atoms with Gasteiger partial charge in [0.05, 0.1) is 15.9 Å². The van der Waals surface area contributed by atoms with Gasteiger partial charge in [0.25, 0.3) is 5.91 Å². The van der Waals surface area contributed by atoms with Crippen molar-refractivity contribution in [2.45, 2.75) is 6.54 Å². The van der Waals surface area contributed by atoms with Crippen molar-refractivity contribution >= 4 is 33.2 Å². The third kappa shape index (κ3) is 3.94. The fraction of sp³-hybridized carbons (Fsp3) is 0.133. The molecule has 0 aliphatic rings. The number of rotatable bonds is 3. The molecular formula is C15H12BrNO2S. The highest BCUT2D eigenvalue weighted by Crippen LogP contribution is 2.21. The first-order chi connectivity index (χ1) is 9.70. The van der Waals surface area contributed by atoms with Crippen molar-refractivity contribution in [3.05, 3.63) is 56.2 Å². The normalized spacial score (nSPS) is 9.70. The minimum absolute atomic E-state index is 0.169. The van der Waals surface area contributed by atoms with E-state index in [1.54, 1.807) is 29.5 Å². The molecule has 0 spiro atoms. The molecule has 1 heterocycles. The number of thiophene rings is 1. The molecule has 0 radical (unpaired) electrons.